The fourth-order valence-electron chi connectivity index (χ4n) is 2.06. The minimum atomic E-state index is -0.0322. The van der Waals surface area contributed by atoms with E-state index in [1.54, 1.807) is 24.2 Å². The number of aryl methyl sites for hydroxylation is 1. The molecule has 1 aliphatic rings. The molecular formula is C14H20N2O3. The van der Waals surface area contributed by atoms with Crippen molar-refractivity contribution in [3.05, 3.63) is 29.6 Å². The zero-order chi connectivity index (χ0) is 13.7. The molecule has 1 fully saturated rings. The lowest BCUT2D eigenvalue weighted by Gasteiger charge is -2.27. The fraction of sp³-hybridized carbons (Fsp3) is 0.571. The summed E-state index contributed by atoms with van der Waals surface area (Å²) in [6, 6.07) is 3.59. The number of nitrogens with zero attached hydrogens (tertiary/aromatic N) is 2. The number of carbonyl (C=O) groups is 1. The number of carbonyl (C=O) groups excluding carboxylic acids is 1. The van der Waals surface area contributed by atoms with E-state index in [2.05, 4.69) is 4.98 Å². The Hall–Kier alpha value is -1.46. The largest absolute Gasteiger partial charge is 0.376 e. The lowest BCUT2D eigenvalue weighted by atomic mass is 10.2. The van der Waals surface area contributed by atoms with Gasteiger partial charge in [0.05, 0.1) is 25.9 Å². The van der Waals surface area contributed by atoms with Crippen molar-refractivity contribution in [3.63, 3.8) is 0 Å². The maximum atomic E-state index is 12.3. The maximum absolute atomic E-state index is 12.3. The number of ether oxygens (including phenoxy) is 2. The number of amides is 1. The van der Waals surface area contributed by atoms with E-state index in [-0.39, 0.29) is 12.0 Å². The normalized spacial score (nSPS) is 19.2. The predicted octanol–water partition coefficient (Wildman–Crippen LogP) is 1.13. The Morgan fingerprint density at radius 1 is 1.53 bits per heavy atom. The first-order valence-corrected chi connectivity index (χ1v) is 6.60. The van der Waals surface area contributed by atoms with E-state index in [9.17, 15) is 4.79 Å². The van der Waals surface area contributed by atoms with Crippen molar-refractivity contribution in [1.29, 1.82) is 0 Å². The number of rotatable bonds is 4. The standard InChI is InChI=1S/C14H20N2O3/c1-3-12-8-11(4-5-15-12)14(17)16(2)9-13-10-18-6-7-19-13/h4-5,8,13H,3,6-7,9-10H2,1-2H3/t13-/m1/s1. The van der Waals surface area contributed by atoms with Crippen LogP contribution in [0.25, 0.3) is 0 Å². The minimum absolute atomic E-state index is 0.00808. The van der Waals surface area contributed by atoms with Gasteiger partial charge in [0, 0.05) is 31.0 Å². The highest BCUT2D eigenvalue weighted by molar-refractivity contribution is 5.94. The van der Waals surface area contributed by atoms with Gasteiger partial charge in [-0.1, -0.05) is 6.92 Å². The van der Waals surface area contributed by atoms with Crippen molar-refractivity contribution in [2.75, 3.05) is 33.4 Å². The molecule has 1 aromatic heterocycles. The second-order valence-corrected chi connectivity index (χ2v) is 4.64. The molecule has 0 unspecified atom stereocenters. The van der Waals surface area contributed by atoms with Crippen molar-refractivity contribution in [2.24, 2.45) is 0 Å². The molecule has 0 aromatic carbocycles. The van der Waals surface area contributed by atoms with Crippen LogP contribution in [0.3, 0.4) is 0 Å². The summed E-state index contributed by atoms with van der Waals surface area (Å²) >= 11 is 0. The molecule has 0 bridgehead atoms. The molecule has 2 heterocycles. The third-order valence-corrected chi connectivity index (χ3v) is 3.13. The summed E-state index contributed by atoms with van der Waals surface area (Å²) < 4.78 is 10.9. The average Bonchev–Trinajstić information content (AvgIpc) is 2.47. The van der Waals surface area contributed by atoms with Crippen LogP contribution < -0.4 is 0 Å². The molecule has 1 aliphatic heterocycles. The van der Waals surface area contributed by atoms with E-state index in [4.69, 9.17) is 9.47 Å². The summed E-state index contributed by atoms with van der Waals surface area (Å²) in [6.45, 7) is 4.35. The second kappa shape index (κ2) is 6.63. The van der Waals surface area contributed by atoms with Gasteiger partial charge in [-0.3, -0.25) is 9.78 Å². The molecule has 0 saturated carbocycles. The highest BCUT2D eigenvalue weighted by atomic mass is 16.6. The maximum Gasteiger partial charge on any atom is 0.253 e. The molecule has 5 nitrogen and oxygen atoms in total. The smallest absolute Gasteiger partial charge is 0.253 e. The van der Waals surface area contributed by atoms with Crippen LogP contribution in [0.15, 0.2) is 18.3 Å². The molecule has 0 radical (unpaired) electrons. The Kier molecular flexibility index (Phi) is 4.87. The third-order valence-electron chi connectivity index (χ3n) is 3.13. The second-order valence-electron chi connectivity index (χ2n) is 4.64. The van der Waals surface area contributed by atoms with Crippen molar-refractivity contribution < 1.29 is 14.3 Å². The van der Waals surface area contributed by atoms with E-state index < -0.39 is 0 Å². The first-order valence-electron chi connectivity index (χ1n) is 6.60. The summed E-state index contributed by atoms with van der Waals surface area (Å²) in [4.78, 5) is 18.2. The van der Waals surface area contributed by atoms with E-state index >= 15 is 0 Å². The van der Waals surface area contributed by atoms with Crippen LogP contribution in [0.4, 0.5) is 0 Å². The number of pyridine rings is 1. The molecule has 104 valence electrons. The summed E-state index contributed by atoms with van der Waals surface area (Å²) in [5.74, 6) is -0.00808. The number of likely N-dealkylation sites (N-methyl/N-ethyl adjacent to an activating group) is 1. The molecule has 1 aromatic rings. The van der Waals surface area contributed by atoms with Crippen LogP contribution in [0.2, 0.25) is 0 Å². The van der Waals surface area contributed by atoms with E-state index in [1.807, 2.05) is 13.0 Å². The molecule has 1 amide bonds. The third kappa shape index (κ3) is 3.75. The van der Waals surface area contributed by atoms with Gasteiger partial charge in [0.2, 0.25) is 0 Å². The Bertz CT molecular complexity index is 430. The Labute approximate surface area is 113 Å². The van der Waals surface area contributed by atoms with Crippen LogP contribution in [0.5, 0.6) is 0 Å². The average molecular weight is 264 g/mol. The molecule has 0 N–H and O–H groups in total. The summed E-state index contributed by atoms with van der Waals surface area (Å²) in [5.41, 5.74) is 1.60. The van der Waals surface area contributed by atoms with Crippen LogP contribution in [0.1, 0.15) is 23.0 Å². The van der Waals surface area contributed by atoms with Gasteiger partial charge in [-0.05, 0) is 18.6 Å². The fourth-order valence-corrected chi connectivity index (χ4v) is 2.06. The van der Waals surface area contributed by atoms with Crippen molar-refractivity contribution in [1.82, 2.24) is 9.88 Å². The van der Waals surface area contributed by atoms with Gasteiger partial charge in [-0.15, -0.1) is 0 Å². The van der Waals surface area contributed by atoms with Gasteiger partial charge in [0.1, 0.15) is 0 Å². The van der Waals surface area contributed by atoms with Crippen LogP contribution in [-0.4, -0.2) is 55.3 Å². The van der Waals surface area contributed by atoms with Gasteiger partial charge >= 0.3 is 0 Å². The van der Waals surface area contributed by atoms with Crippen LogP contribution >= 0.6 is 0 Å². The van der Waals surface area contributed by atoms with Gasteiger partial charge in [0.25, 0.3) is 5.91 Å². The first-order chi connectivity index (χ1) is 9.20. The monoisotopic (exact) mass is 264 g/mol. The van der Waals surface area contributed by atoms with Crippen molar-refractivity contribution in [3.8, 4) is 0 Å². The van der Waals surface area contributed by atoms with Crippen molar-refractivity contribution >= 4 is 5.91 Å². The molecule has 0 spiro atoms. The number of aromatic nitrogens is 1. The molecule has 2 rings (SSSR count). The summed E-state index contributed by atoms with van der Waals surface area (Å²) in [5, 5.41) is 0. The zero-order valence-electron chi connectivity index (χ0n) is 11.5. The zero-order valence-corrected chi connectivity index (χ0v) is 11.5. The Morgan fingerprint density at radius 2 is 2.37 bits per heavy atom. The highest BCUT2D eigenvalue weighted by Crippen LogP contribution is 2.08. The van der Waals surface area contributed by atoms with Gasteiger partial charge in [-0.25, -0.2) is 0 Å². The first kappa shape index (κ1) is 14.0. The van der Waals surface area contributed by atoms with E-state index in [0.717, 1.165) is 12.1 Å². The van der Waals surface area contributed by atoms with E-state index in [0.29, 0.717) is 31.9 Å². The van der Waals surface area contributed by atoms with Gasteiger partial charge in [0.15, 0.2) is 0 Å². The summed E-state index contributed by atoms with van der Waals surface area (Å²) in [7, 11) is 1.78. The van der Waals surface area contributed by atoms with Crippen molar-refractivity contribution in [2.45, 2.75) is 19.4 Å². The SMILES string of the molecule is CCc1cc(C(=O)N(C)C[C@@H]2COCCO2)ccn1. The quantitative estimate of drug-likeness (QED) is 0.818. The predicted molar refractivity (Wildman–Crippen MR) is 71.1 cm³/mol. The van der Waals surface area contributed by atoms with Gasteiger partial charge < -0.3 is 14.4 Å². The topological polar surface area (TPSA) is 51.7 Å². The van der Waals surface area contributed by atoms with Crippen LogP contribution in [-0.2, 0) is 15.9 Å². The Balaban J connectivity index is 1.97. The molecular weight excluding hydrogens is 244 g/mol. The molecule has 1 atom stereocenters. The lowest BCUT2D eigenvalue weighted by Crippen LogP contribution is -2.40. The molecule has 19 heavy (non-hydrogen) atoms. The highest BCUT2D eigenvalue weighted by Gasteiger charge is 2.20. The summed E-state index contributed by atoms with van der Waals surface area (Å²) in [6.07, 6.45) is 2.47. The van der Waals surface area contributed by atoms with Crippen LogP contribution in [0, 0.1) is 0 Å². The minimum Gasteiger partial charge on any atom is -0.376 e. The molecule has 1 saturated heterocycles. The van der Waals surface area contributed by atoms with E-state index in [1.165, 1.54) is 0 Å². The number of hydrogen-bond acceptors (Lipinski definition) is 4. The number of hydrogen-bond donors (Lipinski definition) is 0. The Morgan fingerprint density at radius 3 is 3.05 bits per heavy atom. The lowest BCUT2D eigenvalue weighted by molar-refractivity contribution is -0.0933. The van der Waals surface area contributed by atoms with Gasteiger partial charge in [-0.2, -0.15) is 0 Å². The molecule has 0 aliphatic carbocycles. The molecule has 5 heteroatoms.